The number of benzene rings is 2. The van der Waals surface area contributed by atoms with Gasteiger partial charge in [-0.3, -0.25) is 4.90 Å². The van der Waals surface area contributed by atoms with Crippen LogP contribution in [0.25, 0.3) is 11.0 Å². The molecule has 4 rings (SSSR count). The zero-order valence-electron chi connectivity index (χ0n) is 15.7. The topological polar surface area (TPSA) is 37.2 Å². The van der Waals surface area contributed by atoms with E-state index in [-0.39, 0.29) is 0 Å². The first-order valence-corrected chi connectivity index (χ1v) is 9.54. The molecule has 1 fully saturated rings. The predicted molar refractivity (Wildman–Crippen MR) is 107 cm³/mol. The van der Waals surface area contributed by atoms with E-state index in [4.69, 9.17) is 0 Å². The molecule has 0 bridgehead atoms. The maximum atomic E-state index is 4.31. The van der Waals surface area contributed by atoms with Crippen LogP contribution in [-0.4, -0.2) is 52.1 Å². The molecule has 1 aliphatic heterocycles. The molecule has 0 aliphatic carbocycles. The van der Waals surface area contributed by atoms with Gasteiger partial charge in [-0.2, -0.15) is 0 Å². The molecule has 1 aromatic heterocycles. The van der Waals surface area contributed by atoms with Crippen LogP contribution in [0.3, 0.4) is 0 Å². The Morgan fingerprint density at radius 3 is 2.62 bits per heavy atom. The van der Waals surface area contributed by atoms with Crippen LogP contribution in [0.4, 0.5) is 5.69 Å². The van der Waals surface area contributed by atoms with Gasteiger partial charge in [-0.1, -0.05) is 29.5 Å². The molecule has 1 saturated heterocycles. The average Bonchev–Trinajstić information content (AvgIpc) is 3.09. The summed E-state index contributed by atoms with van der Waals surface area (Å²) in [5.74, 6) is 0. The molecule has 0 amide bonds. The Labute approximate surface area is 155 Å². The number of anilines is 1. The highest BCUT2D eigenvalue weighted by Crippen LogP contribution is 2.19. The number of piperazine rings is 1. The van der Waals surface area contributed by atoms with E-state index in [1.165, 1.54) is 11.3 Å². The molecule has 26 heavy (non-hydrogen) atoms. The Balaban J connectivity index is 1.31. The maximum Gasteiger partial charge on any atom is 0.113 e. The second-order valence-electron chi connectivity index (χ2n) is 7.30. The molecular weight excluding hydrogens is 322 g/mol. The first-order valence-electron chi connectivity index (χ1n) is 9.54. The van der Waals surface area contributed by atoms with Crippen LogP contribution in [0.1, 0.15) is 18.9 Å². The highest BCUT2D eigenvalue weighted by atomic mass is 15.4. The lowest BCUT2D eigenvalue weighted by Gasteiger charge is -2.39. The molecule has 1 atom stereocenters. The molecular formula is C21H27N5. The minimum atomic E-state index is 0.553. The summed E-state index contributed by atoms with van der Waals surface area (Å²) in [5, 5.41) is 8.56. The monoisotopic (exact) mass is 349 g/mol. The quantitative estimate of drug-likeness (QED) is 0.708. The number of rotatable bonds is 5. The third-order valence-corrected chi connectivity index (χ3v) is 5.48. The molecule has 0 saturated carbocycles. The number of para-hydroxylation sites is 1. The number of hydrogen-bond donors (Lipinski definition) is 0. The Morgan fingerprint density at radius 1 is 1.00 bits per heavy atom. The van der Waals surface area contributed by atoms with Gasteiger partial charge < -0.3 is 4.90 Å². The fourth-order valence-corrected chi connectivity index (χ4v) is 3.82. The van der Waals surface area contributed by atoms with Gasteiger partial charge in [0, 0.05) is 44.5 Å². The molecule has 5 heteroatoms. The molecule has 0 radical (unpaired) electrons. The van der Waals surface area contributed by atoms with E-state index in [0.717, 1.165) is 50.2 Å². The van der Waals surface area contributed by atoms with Gasteiger partial charge in [-0.25, -0.2) is 4.68 Å². The Kier molecular flexibility index (Phi) is 4.89. The van der Waals surface area contributed by atoms with E-state index in [1.807, 2.05) is 16.8 Å². The van der Waals surface area contributed by atoms with Crippen molar-refractivity contribution < 1.29 is 0 Å². The zero-order valence-corrected chi connectivity index (χ0v) is 15.7. The first kappa shape index (κ1) is 17.0. The highest BCUT2D eigenvalue weighted by Gasteiger charge is 2.21. The molecule has 5 nitrogen and oxygen atoms in total. The summed E-state index contributed by atoms with van der Waals surface area (Å²) in [5.41, 5.74) is 4.79. The van der Waals surface area contributed by atoms with Crippen molar-refractivity contribution in [2.24, 2.45) is 0 Å². The average molecular weight is 349 g/mol. The minimum absolute atomic E-state index is 0.553. The predicted octanol–water partition coefficient (Wildman–Crippen LogP) is 3.34. The molecule has 0 spiro atoms. The van der Waals surface area contributed by atoms with Crippen LogP contribution in [0.2, 0.25) is 0 Å². The largest absolute Gasteiger partial charge is 0.369 e. The van der Waals surface area contributed by atoms with Gasteiger partial charge in [0.2, 0.25) is 0 Å². The minimum Gasteiger partial charge on any atom is -0.369 e. The van der Waals surface area contributed by atoms with Gasteiger partial charge in [0.05, 0.1) is 5.52 Å². The highest BCUT2D eigenvalue weighted by molar-refractivity contribution is 5.73. The van der Waals surface area contributed by atoms with Crippen molar-refractivity contribution in [3.63, 3.8) is 0 Å². The van der Waals surface area contributed by atoms with Crippen LogP contribution < -0.4 is 4.90 Å². The van der Waals surface area contributed by atoms with Gasteiger partial charge in [0.25, 0.3) is 0 Å². The maximum absolute atomic E-state index is 4.31. The van der Waals surface area contributed by atoms with Crippen LogP contribution in [0.5, 0.6) is 0 Å². The second-order valence-corrected chi connectivity index (χ2v) is 7.30. The Morgan fingerprint density at radius 2 is 1.81 bits per heavy atom. The fourth-order valence-electron chi connectivity index (χ4n) is 3.82. The first-order chi connectivity index (χ1) is 12.7. The molecule has 1 aliphatic rings. The van der Waals surface area contributed by atoms with Crippen LogP contribution in [0, 0.1) is 6.92 Å². The van der Waals surface area contributed by atoms with Gasteiger partial charge >= 0.3 is 0 Å². The van der Waals surface area contributed by atoms with Crippen LogP contribution in [-0.2, 0) is 6.54 Å². The van der Waals surface area contributed by atoms with Crippen molar-refractivity contribution in [3.05, 3.63) is 54.1 Å². The number of nitrogens with zero attached hydrogens (tertiary/aromatic N) is 5. The Bertz CT molecular complexity index is 863. The van der Waals surface area contributed by atoms with Gasteiger partial charge in [-0.15, -0.1) is 5.10 Å². The van der Waals surface area contributed by atoms with E-state index in [2.05, 4.69) is 70.4 Å². The lowest BCUT2D eigenvalue weighted by molar-refractivity contribution is 0.183. The van der Waals surface area contributed by atoms with Crippen molar-refractivity contribution in [3.8, 4) is 0 Å². The second kappa shape index (κ2) is 7.46. The van der Waals surface area contributed by atoms with Crippen LogP contribution in [0.15, 0.2) is 48.5 Å². The van der Waals surface area contributed by atoms with E-state index in [0.29, 0.717) is 6.04 Å². The standard InChI is InChI=1S/C21H27N5/c1-17-6-5-7-19(16-17)25-14-12-24(13-15-25)18(2)10-11-26-21-9-4-3-8-20(21)22-23-26/h3-9,16,18H,10-15H2,1-2H3. The van der Waals surface area contributed by atoms with E-state index < -0.39 is 0 Å². The van der Waals surface area contributed by atoms with Crippen molar-refractivity contribution >= 4 is 16.7 Å². The summed E-state index contributed by atoms with van der Waals surface area (Å²) in [6, 6.07) is 17.6. The zero-order chi connectivity index (χ0) is 17.9. The number of aryl methyl sites for hydroxylation is 2. The summed E-state index contributed by atoms with van der Waals surface area (Å²) in [6.07, 6.45) is 1.10. The van der Waals surface area contributed by atoms with E-state index in [1.54, 1.807) is 0 Å². The normalized spacial score (nSPS) is 16.9. The third-order valence-electron chi connectivity index (χ3n) is 5.48. The Hall–Kier alpha value is -2.40. The number of fused-ring (bicyclic) bond motifs is 1. The fraction of sp³-hybridized carbons (Fsp3) is 0.429. The molecule has 2 heterocycles. The lowest BCUT2D eigenvalue weighted by Crippen LogP contribution is -2.49. The molecule has 1 unspecified atom stereocenters. The van der Waals surface area contributed by atoms with Crippen molar-refractivity contribution in [2.75, 3.05) is 31.1 Å². The van der Waals surface area contributed by atoms with Crippen molar-refractivity contribution in [2.45, 2.75) is 32.9 Å². The van der Waals surface area contributed by atoms with Crippen molar-refractivity contribution in [1.29, 1.82) is 0 Å². The van der Waals surface area contributed by atoms with Crippen molar-refractivity contribution in [1.82, 2.24) is 19.9 Å². The molecule has 2 aromatic carbocycles. The van der Waals surface area contributed by atoms with Crippen LogP contribution >= 0.6 is 0 Å². The summed E-state index contributed by atoms with van der Waals surface area (Å²) in [7, 11) is 0. The molecule has 136 valence electrons. The van der Waals surface area contributed by atoms with E-state index in [9.17, 15) is 0 Å². The SMILES string of the molecule is Cc1cccc(N2CCN(C(C)CCn3nnc4ccccc43)CC2)c1. The van der Waals surface area contributed by atoms with Gasteiger partial charge in [0.1, 0.15) is 5.52 Å². The van der Waals surface area contributed by atoms with Gasteiger partial charge in [0.15, 0.2) is 0 Å². The smallest absolute Gasteiger partial charge is 0.113 e. The number of hydrogen-bond acceptors (Lipinski definition) is 4. The van der Waals surface area contributed by atoms with Gasteiger partial charge in [-0.05, 0) is 50.1 Å². The summed E-state index contributed by atoms with van der Waals surface area (Å²) in [4.78, 5) is 5.10. The summed E-state index contributed by atoms with van der Waals surface area (Å²) in [6.45, 7) is 9.84. The summed E-state index contributed by atoms with van der Waals surface area (Å²) >= 11 is 0. The molecule has 0 N–H and O–H groups in total. The number of aromatic nitrogens is 3. The lowest BCUT2D eigenvalue weighted by atomic mass is 10.1. The summed E-state index contributed by atoms with van der Waals surface area (Å²) < 4.78 is 2.04. The molecule has 3 aromatic rings. The van der Waals surface area contributed by atoms with E-state index >= 15 is 0 Å². The third kappa shape index (κ3) is 3.58.